The Morgan fingerprint density at radius 1 is 1.10 bits per heavy atom. The molecule has 0 fully saturated rings. The standard InChI is InChI=1S/C21H19N5O3/c1-14-12-18(27)26-20(22-14)23-21(24-26)25(13-15-6-4-3-5-7-15)19(28)16-8-10-17(29-2)11-9-16/h3-12H,13H2,1-2H3,(H,22,23,24). The number of carbonyl (C=O) groups excluding carboxylic acids is 1. The van der Waals surface area contributed by atoms with Crippen molar-refractivity contribution in [2.24, 2.45) is 0 Å². The van der Waals surface area contributed by atoms with Crippen molar-refractivity contribution in [3.63, 3.8) is 0 Å². The van der Waals surface area contributed by atoms with Crippen LogP contribution in [0.15, 0.2) is 65.5 Å². The van der Waals surface area contributed by atoms with Gasteiger partial charge in [0.05, 0.1) is 13.7 Å². The van der Waals surface area contributed by atoms with Gasteiger partial charge in [0.1, 0.15) is 5.75 Å². The molecule has 146 valence electrons. The predicted octanol–water partition coefficient (Wildman–Crippen LogP) is 2.58. The normalized spacial score (nSPS) is 10.8. The number of amides is 1. The van der Waals surface area contributed by atoms with Gasteiger partial charge in [0.25, 0.3) is 17.2 Å². The fourth-order valence-electron chi connectivity index (χ4n) is 3.00. The summed E-state index contributed by atoms with van der Waals surface area (Å²) in [6, 6.07) is 17.8. The number of benzene rings is 2. The highest BCUT2D eigenvalue weighted by Gasteiger charge is 2.22. The lowest BCUT2D eigenvalue weighted by atomic mass is 10.1. The molecule has 0 atom stereocenters. The molecule has 0 radical (unpaired) electrons. The number of carbonyl (C=O) groups is 1. The SMILES string of the molecule is COc1ccc(C(=O)N(Cc2ccccc2)c2nc3nc(C)cc(=O)n3[nH]2)cc1. The zero-order valence-corrected chi connectivity index (χ0v) is 16.0. The van der Waals surface area contributed by atoms with Gasteiger partial charge in [-0.1, -0.05) is 30.3 Å². The van der Waals surface area contributed by atoms with Crippen LogP contribution in [0.3, 0.4) is 0 Å². The zero-order chi connectivity index (χ0) is 20.4. The predicted molar refractivity (Wildman–Crippen MR) is 108 cm³/mol. The summed E-state index contributed by atoms with van der Waals surface area (Å²) in [4.78, 5) is 35.7. The number of methoxy groups -OCH3 is 1. The van der Waals surface area contributed by atoms with Gasteiger partial charge in [-0.15, -0.1) is 0 Å². The van der Waals surface area contributed by atoms with Crippen molar-refractivity contribution in [2.45, 2.75) is 13.5 Å². The van der Waals surface area contributed by atoms with Crippen LogP contribution in [-0.2, 0) is 6.54 Å². The Morgan fingerprint density at radius 3 is 2.52 bits per heavy atom. The molecule has 29 heavy (non-hydrogen) atoms. The van der Waals surface area contributed by atoms with Gasteiger partial charge in [-0.3, -0.25) is 19.6 Å². The largest absolute Gasteiger partial charge is 0.497 e. The Labute approximate surface area is 166 Å². The van der Waals surface area contributed by atoms with E-state index in [2.05, 4.69) is 15.1 Å². The van der Waals surface area contributed by atoms with Crippen molar-refractivity contribution in [3.05, 3.63) is 87.8 Å². The maximum absolute atomic E-state index is 13.3. The van der Waals surface area contributed by atoms with Gasteiger partial charge < -0.3 is 4.74 Å². The van der Waals surface area contributed by atoms with Crippen LogP contribution in [0.5, 0.6) is 5.75 Å². The molecule has 2 aromatic carbocycles. The number of aryl methyl sites for hydroxylation is 1. The van der Waals surface area contributed by atoms with Crippen molar-refractivity contribution in [1.29, 1.82) is 0 Å². The number of hydrogen-bond donors (Lipinski definition) is 1. The second-order valence-corrected chi connectivity index (χ2v) is 6.52. The average molecular weight is 389 g/mol. The highest BCUT2D eigenvalue weighted by molar-refractivity contribution is 6.05. The fourth-order valence-corrected chi connectivity index (χ4v) is 3.00. The third-order valence-corrected chi connectivity index (χ3v) is 4.47. The van der Waals surface area contributed by atoms with E-state index >= 15 is 0 Å². The second-order valence-electron chi connectivity index (χ2n) is 6.52. The molecule has 1 amide bonds. The number of aromatic nitrogens is 4. The number of nitrogens with one attached hydrogen (secondary N) is 1. The van der Waals surface area contributed by atoms with Crippen molar-refractivity contribution in [2.75, 3.05) is 12.0 Å². The molecule has 0 unspecified atom stereocenters. The number of hydrogen-bond acceptors (Lipinski definition) is 5. The molecule has 2 aromatic heterocycles. The first-order valence-corrected chi connectivity index (χ1v) is 9.01. The molecule has 0 aliphatic carbocycles. The maximum atomic E-state index is 13.3. The smallest absolute Gasteiger partial charge is 0.274 e. The van der Waals surface area contributed by atoms with Gasteiger partial charge in [0.15, 0.2) is 0 Å². The maximum Gasteiger partial charge on any atom is 0.274 e. The molecule has 0 bridgehead atoms. The first-order valence-electron chi connectivity index (χ1n) is 9.01. The number of fused-ring (bicyclic) bond motifs is 1. The van der Waals surface area contributed by atoms with Crippen LogP contribution in [0.4, 0.5) is 5.95 Å². The number of rotatable bonds is 5. The molecule has 8 nitrogen and oxygen atoms in total. The van der Waals surface area contributed by atoms with E-state index in [1.807, 2.05) is 30.3 Å². The summed E-state index contributed by atoms with van der Waals surface area (Å²) in [6.45, 7) is 2.00. The first-order chi connectivity index (χ1) is 14.0. The van der Waals surface area contributed by atoms with Crippen molar-refractivity contribution in [3.8, 4) is 5.75 Å². The van der Waals surface area contributed by atoms with Crippen LogP contribution in [-0.4, -0.2) is 32.6 Å². The van der Waals surface area contributed by atoms with Crippen molar-refractivity contribution < 1.29 is 9.53 Å². The number of nitrogens with zero attached hydrogens (tertiary/aromatic N) is 4. The number of ether oxygens (including phenoxy) is 1. The average Bonchev–Trinajstić information content (AvgIpc) is 3.16. The van der Waals surface area contributed by atoms with Crippen LogP contribution in [0, 0.1) is 6.92 Å². The summed E-state index contributed by atoms with van der Waals surface area (Å²) in [7, 11) is 1.57. The minimum absolute atomic E-state index is 0.214. The summed E-state index contributed by atoms with van der Waals surface area (Å²) in [5.41, 5.74) is 1.66. The van der Waals surface area contributed by atoms with Gasteiger partial charge in [0.2, 0.25) is 5.95 Å². The van der Waals surface area contributed by atoms with Gasteiger partial charge in [-0.2, -0.15) is 9.50 Å². The Bertz CT molecular complexity index is 1210. The van der Waals surface area contributed by atoms with Crippen LogP contribution in [0.1, 0.15) is 21.6 Å². The Morgan fingerprint density at radius 2 is 1.83 bits per heavy atom. The Kier molecular flexibility index (Phi) is 4.82. The molecule has 8 heteroatoms. The lowest BCUT2D eigenvalue weighted by Crippen LogP contribution is -2.31. The van der Waals surface area contributed by atoms with Crippen LogP contribution in [0.25, 0.3) is 5.78 Å². The van der Waals surface area contributed by atoms with Crippen LogP contribution in [0.2, 0.25) is 0 Å². The van der Waals surface area contributed by atoms with Crippen molar-refractivity contribution in [1.82, 2.24) is 19.6 Å². The van der Waals surface area contributed by atoms with E-state index in [0.29, 0.717) is 17.0 Å². The minimum Gasteiger partial charge on any atom is -0.497 e. The van der Waals surface area contributed by atoms with E-state index in [-0.39, 0.29) is 29.7 Å². The lowest BCUT2D eigenvalue weighted by molar-refractivity contribution is 0.0983. The fraction of sp³-hybridized carbons (Fsp3) is 0.143. The summed E-state index contributed by atoms with van der Waals surface area (Å²) >= 11 is 0. The molecule has 0 saturated heterocycles. The zero-order valence-electron chi connectivity index (χ0n) is 16.0. The number of H-pyrrole nitrogens is 1. The monoisotopic (exact) mass is 389 g/mol. The first kappa shape index (κ1) is 18.4. The van der Waals surface area contributed by atoms with E-state index in [9.17, 15) is 9.59 Å². The summed E-state index contributed by atoms with van der Waals surface area (Å²) in [5, 5.41) is 2.90. The van der Waals surface area contributed by atoms with Gasteiger partial charge in [-0.05, 0) is 36.8 Å². The molecule has 0 spiro atoms. The molecule has 4 aromatic rings. The van der Waals surface area contributed by atoms with E-state index in [1.54, 1.807) is 38.3 Å². The molecular formula is C21H19N5O3. The topological polar surface area (TPSA) is 92.6 Å². The second kappa shape index (κ2) is 7.59. The highest BCUT2D eigenvalue weighted by atomic mass is 16.5. The Balaban J connectivity index is 1.78. The van der Waals surface area contributed by atoms with Crippen LogP contribution < -0.4 is 15.2 Å². The van der Waals surface area contributed by atoms with E-state index in [0.717, 1.165) is 5.56 Å². The van der Waals surface area contributed by atoms with Gasteiger partial charge >= 0.3 is 0 Å². The molecule has 0 saturated carbocycles. The minimum atomic E-state index is -0.289. The molecule has 0 aliphatic heterocycles. The van der Waals surface area contributed by atoms with Crippen LogP contribution >= 0.6 is 0 Å². The van der Waals surface area contributed by atoms with E-state index in [1.165, 1.54) is 15.5 Å². The number of aromatic amines is 1. The number of anilines is 1. The third kappa shape index (κ3) is 3.73. The third-order valence-electron chi connectivity index (χ3n) is 4.47. The van der Waals surface area contributed by atoms with Gasteiger partial charge in [-0.25, -0.2) is 4.98 Å². The summed E-state index contributed by atoms with van der Waals surface area (Å²) in [6.07, 6.45) is 0. The summed E-state index contributed by atoms with van der Waals surface area (Å²) in [5.74, 6) is 0.849. The highest BCUT2D eigenvalue weighted by Crippen LogP contribution is 2.19. The molecule has 4 rings (SSSR count). The molecular weight excluding hydrogens is 370 g/mol. The molecule has 1 N–H and O–H groups in total. The van der Waals surface area contributed by atoms with Gasteiger partial charge in [0, 0.05) is 17.3 Å². The van der Waals surface area contributed by atoms with Crippen molar-refractivity contribution >= 4 is 17.6 Å². The molecule has 2 heterocycles. The molecule has 0 aliphatic rings. The quantitative estimate of drug-likeness (QED) is 0.566. The van der Waals surface area contributed by atoms with E-state index in [4.69, 9.17) is 4.74 Å². The Hall–Kier alpha value is -3.94. The lowest BCUT2D eigenvalue weighted by Gasteiger charge is -2.20. The van der Waals surface area contributed by atoms with E-state index < -0.39 is 0 Å². The summed E-state index contributed by atoms with van der Waals surface area (Å²) < 4.78 is 6.39.